The van der Waals surface area contributed by atoms with Crippen LogP contribution in [0.15, 0.2) is 60.7 Å². The topological polar surface area (TPSA) is 34.2 Å². The van der Waals surface area contributed by atoms with E-state index in [0.29, 0.717) is 6.61 Å². The molecule has 0 unspecified atom stereocenters. The first-order valence-corrected chi connectivity index (χ1v) is 8.57. The van der Waals surface area contributed by atoms with Crippen LogP contribution in [0.3, 0.4) is 0 Å². The second-order valence-electron chi connectivity index (χ2n) is 6.24. The number of pyridine rings is 1. The normalized spacial score (nSPS) is 10.5. The van der Waals surface area contributed by atoms with Crippen molar-refractivity contribution in [2.45, 2.75) is 33.9 Å². The largest absolute Gasteiger partial charge is 0.487 e. The molecule has 1 N–H and O–H groups in total. The molecule has 3 aromatic rings. The number of hydrogen-bond acceptors (Lipinski definition) is 3. The van der Waals surface area contributed by atoms with Crippen LogP contribution in [0.25, 0.3) is 0 Å². The number of aryl methyl sites for hydroxylation is 1. The van der Waals surface area contributed by atoms with Crippen LogP contribution in [0, 0.1) is 20.8 Å². The minimum Gasteiger partial charge on any atom is -0.487 e. The van der Waals surface area contributed by atoms with Crippen LogP contribution in [0.1, 0.15) is 27.9 Å². The molecule has 25 heavy (non-hydrogen) atoms. The van der Waals surface area contributed by atoms with Crippen molar-refractivity contribution in [3.63, 3.8) is 0 Å². The first kappa shape index (κ1) is 17.0. The fourth-order valence-electron chi connectivity index (χ4n) is 2.82. The number of aromatic nitrogens is 1. The van der Waals surface area contributed by atoms with Crippen molar-refractivity contribution in [3.8, 4) is 5.75 Å². The van der Waals surface area contributed by atoms with Gasteiger partial charge in [0, 0.05) is 6.54 Å². The molecule has 0 spiro atoms. The summed E-state index contributed by atoms with van der Waals surface area (Å²) >= 11 is 0. The molecule has 0 atom stereocenters. The summed E-state index contributed by atoms with van der Waals surface area (Å²) in [5.41, 5.74) is 5.58. The molecule has 128 valence electrons. The van der Waals surface area contributed by atoms with Crippen LogP contribution in [-0.4, -0.2) is 4.98 Å². The lowest BCUT2D eigenvalue weighted by Crippen LogP contribution is -2.08. The minimum atomic E-state index is 0.556. The second-order valence-corrected chi connectivity index (χ2v) is 6.24. The molecule has 0 saturated heterocycles. The van der Waals surface area contributed by atoms with Crippen molar-refractivity contribution >= 4 is 5.82 Å². The number of nitrogens with zero attached hydrogens (tertiary/aromatic N) is 1. The molecule has 3 heteroatoms. The Morgan fingerprint density at radius 3 is 2.04 bits per heavy atom. The number of anilines is 1. The minimum absolute atomic E-state index is 0.556. The third kappa shape index (κ3) is 4.18. The Balaban J connectivity index is 1.74. The molecule has 2 aromatic carbocycles. The molecule has 3 rings (SSSR count). The van der Waals surface area contributed by atoms with E-state index < -0.39 is 0 Å². The molecule has 1 heterocycles. The Kier molecular flexibility index (Phi) is 5.34. The van der Waals surface area contributed by atoms with Crippen LogP contribution in [0.2, 0.25) is 0 Å². The summed E-state index contributed by atoms with van der Waals surface area (Å²) in [7, 11) is 0. The quantitative estimate of drug-likeness (QED) is 0.674. The molecule has 1 aromatic heterocycles. The van der Waals surface area contributed by atoms with Gasteiger partial charge >= 0.3 is 0 Å². The van der Waals surface area contributed by atoms with Crippen LogP contribution in [0.4, 0.5) is 5.82 Å². The number of rotatable bonds is 6. The van der Waals surface area contributed by atoms with E-state index in [2.05, 4.69) is 43.4 Å². The summed E-state index contributed by atoms with van der Waals surface area (Å²) in [5.74, 6) is 1.80. The summed E-state index contributed by atoms with van der Waals surface area (Å²) in [4.78, 5) is 4.72. The summed E-state index contributed by atoms with van der Waals surface area (Å²) in [5, 5.41) is 3.45. The highest BCUT2D eigenvalue weighted by atomic mass is 16.5. The maximum absolute atomic E-state index is 6.06. The van der Waals surface area contributed by atoms with Gasteiger partial charge in [-0.3, -0.25) is 0 Å². The SMILES string of the molecule is Cc1nc(NCc2ccccc2)c(C)c(C)c1OCc1ccccc1. The third-order valence-electron chi connectivity index (χ3n) is 4.40. The van der Waals surface area contributed by atoms with E-state index >= 15 is 0 Å². The highest BCUT2D eigenvalue weighted by Crippen LogP contribution is 2.29. The Morgan fingerprint density at radius 1 is 0.800 bits per heavy atom. The standard InChI is InChI=1S/C22H24N2O/c1-16-17(2)22(23-14-19-10-6-4-7-11-19)24-18(3)21(16)25-15-20-12-8-5-9-13-20/h4-13H,14-15H2,1-3H3,(H,23,24). The highest BCUT2D eigenvalue weighted by Gasteiger charge is 2.13. The van der Waals surface area contributed by atoms with E-state index in [4.69, 9.17) is 9.72 Å². The number of nitrogens with one attached hydrogen (secondary N) is 1. The van der Waals surface area contributed by atoms with E-state index in [1.165, 1.54) is 5.56 Å². The Labute approximate surface area is 149 Å². The first-order chi connectivity index (χ1) is 12.1. The van der Waals surface area contributed by atoms with Gasteiger partial charge in [-0.1, -0.05) is 60.7 Å². The lowest BCUT2D eigenvalue weighted by molar-refractivity contribution is 0.300. The van der Waals surface area contributed by atoms with Gasteiger partial charge < -0.3 is 10.1 Å². The predicted octanol–water partition coefficient (Wildman–Crippen LogP) is 5.20. The van der Waals surface area contributed by atoms with Gasteiger partial charge in [0.25, 0.3) is 0 Å². The van der Waals surface area contributed by atoms with Gasteiger partial charge in [-0.25, -0.2) is 4.98 Å². The number of ether oxygens (including phenoxy) is 1. The van der Waals surface area contributed by atoms with E-state index in [1.54, 1.807) is 0 Å². The van der Waals surface area contributed by atoms with Crippen molar-refractivity contribution < 1.29 is 4.74 Å². The van der Waals surface area contributed by atoms with E-state index in [0.717, 1.165) is 40.5 Å². The molecule has 0 bridgehead atoms. The van der Waals surface area contributed by atoms with E-state index in [9.17, 15) is 0 Å². The first-order valence-electron chi connectivity index (χ1n) is 8.57. The van der Waals surface area contributed by atoms with E-state index in [-0.39, 0.29) is 0 Å². The Bertz CT molecular complexity index is 830. The molecular formula is C22H24N2O. The van der Waals surface area contributed by atoms with Gasteiger partial charge in [-0.2, -0.15) is 0 Å². The van der Waals surface area contributed by atoms with Crippen LogP contribution in [-0.2, 0) is 13.2 Å². The zero-order valence-electron chi connectivity index (χ0n) is 15.0. The van der Waals surface area contributed by atoms with Crippen molar-refractivity contribution in [3.05, 3.63) is 88.6 Å². The van der Waals surface area contributed by atoms with Crippen molar-refractivity contribution in [1.29, 1.82) is 0 Å². The smallest absolute Gasteiger partial charge is 0.144 e. The molecule has 0 fully saturated rings. The number of hydrogen-bond donors (Lipinski definition) is 1. The summed E-state index contributed by atoms with van der Waals surface area (Å²) < 4.78 is 6.06. The predicted molar refractivity (Wildman–Crippen MR) is 103 cm³/mol. The molecule has 0 amide bonds. The third-order valence-corrected chi connectivity index (χ3v) is 4.40. The highest BCUT2D eigenvalue weighted by molar-refractivity contribution is 5.55. The maximum Gasteiger partial charge on any atom is 0.144 e. The Morgan fingerprint density at radius 2 is 1.40 bits per heavy atom. The average Bonchev–Trinajstić information content (AvgIpc) is 2.65. The van der Waals surface area contributed by atoms with Gasteiger partial charge in [0.15, 0.2) is 0 Å². The summed E-state index contributed by atoms with van der Waals surface area (Å²) in [6.07, 6.45) is 0. The fourth-order valence-corrected chi connectivity index (χ4v) is 2.82. The molecule has 0 saturated carbocycles. The number of benzene rings is 2. The molecule has 0 aliphatic rings. The van der Waals surface area contributed by atoms with Gasteiger partial charge in [-0.15, -0.1) is 0 Å². The van der Waals surface area contributed by atoms with Gasteiger partial charge in [0.2, 0.25) is 0 Å². The molecule has 3 nitrogen and oxygen atoms in total. The molecular weight excluding hydrogens is 308 g/mol. The van der Waals surface area contributed by atoms with Crippen LogP contribution < -0.4 is 10.1 Å². The van der Waals surface area contributed by atoms with Crippen molar-refractivity contribution in [2.75, 3.05) is 5.32 Å². The molecule has 0 aliphatic carbocycles. The lowest BCUT2D eigenvalue weighted by atomic mass is 10.1. The van der Waals surface area contributed by atoms with Crippen LogP contribution >= 0.6 is 0 Å². The average molecular weight is 332 g/mol. The van der Waals surface area contributed by atoms with Gasteiger partial charge in [-0.05, 0) is 43.0 Å². The summed E-state index contributed by atoms with van der Waals surface area (Å²) in [6.45, 7) is 7.50. The second kappa shape index (κ2) is 7.84. The van der Waals surface area contributed by atoms with E-state index in [1.807, 2.05) is 43.3 Å². The molecule has 0 radical (unpaired) electrons. The Hall–Kier alpha value is -2.81. The monoisotopic (exact) mass is 332 g/mol. The van der Waals surface area contributed by atoms with Gasteiger partial charge in [0.1, 0.15) is 18.2 Å². The van der Waals surface area contributed by atoms with Crippen molar-refractivity contribution in [2.24, 2.45) is 0 Å². The van der Waals surface area contributed by atoms with Crippen molar-refractivity contribution in [1.82, 2.24) is 4.98 Å². The lowest BCUT2D eigenvalue weighted by Gasteiger charge is -2.17. The van der Waals surface area contributed by atoms with Gasteiger partial charge in [0.05, 0.1) is 5.69 Å². The fraction of sp³-hybridized carbons (Fsp3) is 0.227. The molecule has 0 aliphatic heterocycles. The van der Waals surface area contributed by atoms with Crippen LogP contribution in [0.5, 0.6) is 5.75 Å². The zero-order chi connectivity index (χ0) is 17.6. The zero-order valence-corrected chi connectivity index (χ0v) is 15.0. The summed E-state index contributed by atoms with van der Waals surface area (Å²) in [6, 6.07) is 20.6. The maximum atomic E-state index is 6.06.